The fourth-order valence-electron chi connectivity index (χ4n) is 1.41. The molecule has 0 fully saturated rings. The number of hydrogen-bond donors (Lipinski definition) is 0. The van der Waals surface area contributed by atoms with E-state index in [0.717, 1.165) is 11.1 Å². The second kappa shape index (κ2) is 3.95. The molecular weight excluding hydrogens is 162 g/mol. The molecule has 0 bridgehead atoms. The van der Waals surface area contributed by atoms with Crippen LogP contribution in [-0.2, 0) is 0 Å². The van der Waals surface area contributed by atoms with Crippen molar-refractivity contribution in [2.75, 3.05) is 0 Å². The first-order valence-electron chi connectivity index (χ1n) is 4.76. The summed E-state index contributed by atoms with van der Waals surface area (Å²) in [7, 11) is 1.58. The highest BCUT2D eigenvalue weighted by Crippen LogP contribution is 2.22. The maximum absolute atomic E-state index is 13.1. The van der Waals surface area contributed by atoms with E-state index in [1.165, 1.54) is 5.56 Å². The zero-order chi connectivity index (χ0) is 10.0. The number of halogens is 1. The monoisotopic (exact) mass is 178 g/mol. The Kier molecular flexibility index (Phi) is 3.13. The van der Waals surface area contributed by atoms with Crippen LogP contribution in [0.5, 0.6) is 0 Å². The summed E-state index contributed by atoms with van der Waals surface area (Å²) >= 11 is 0. The Hall–Kier alpha value is -0.785. The van der Waals surface area contributed by atoms with Gasteiger partial charge in [0.15, 0.2) is 7.85 Å². The van der Waals surface area contributed by atoms with Crippen LogP contribution in [0.3, 0.4) is 0 Å². The minimum atomic E-state index is -0.864. The Morgan fingerprint density at radius 2 is 1.69 bits per heavy atom. The zero-order valence-electron chi connectivity index (χ0n) is 8.76. The molecule has 1 atom stereocenters. The predicted octanol–water partition coefficient (Wildman–Crippen LogP) is 2.72. The third kappa shape index (κ3) is 2.58. The summed E-state index contributed by atoms with van der Waals surface area (Å²) in [6.07, 6.45) is -0.864. The van der Waals surface area contributed by atoms with Gasteiger partial charge in [-0.3, -0.25) is 4.39 Å². The van der Waals surface area contributed by atoms with E-state index >= 15 is 0 Å². The molecule has 0 nitrogen and oxygen atoms in total. The third-order valence-corrected chi connectivity index (χ3v) is 2.25. The first-order chi connectivity index (χ1) is 6.00. The standard InChI is InChI=1S/C11H16BF/c1-7(2)9-4-8(3)5-10(6-9)11(12)13/h4-7,11H,12H2,1-3H3. The van der Waals surface area contributed by atoms with Crippen molar-refractivity contribution in [2.24, 2.45) is 0 Å². The molecule has 0 heterocycles. The fraction of sp³-hybridized carbons (Fsp3) is 0.455. The van der Waals surface area contributed by atoms with Gasteiger partial charge in [-0.2, -0.15) is 0 Å². The van der Waals surface area contributed by atoms with Crippen molar-refractivity contribution in [1.29, 1.82) is 0 Å². The second-order valence-electron chi connectivity index (χ2n) is 3.95. The molecule has 1 rings (SSSR count). The maximum Gasteiger partial charge on any atom is 0.152 e. The van der Waals surface area contributed by atoms with Crippen molar-refractivity contribution in [2.45, 2.75) is 32.8 Å². The first kappa shape index (κ1) is 10.3. The van der Waals surface area contributed by atoms with E-state index in [9.17, 15) is 4.39 Å². The Bertz CT molecular complexity index is 266. The Balaban J connectivity index is 3.11. The summed E-state index contributed by atoms with van der Waals surface area (Å²) in [5.74, 6) is 0.470. The smallest absolute Gasteiger partial charge is 0.152 e. The van der Waals surface area contributed by atoms with E-state index < -0.39 is 6.07 Å². The molecule has 70 valence electrons. The molecular formula is C11H16BF. The van der Waals surface area contributed by atoms with Crippen molar-refractivity contribution in [1.82, 2.24) is 0 Å². The maximum atomic E-state index is 13.1. The molecule has 0 spiro atoms. The fourth-order valence-corrected chi connectivity index (χ4v) is 1.41. The topological polar surface area (TPSA) is 0 Å². The lowest BCUT2D eigenvalue weighted by Gasteiger charge is -2.10. The normalized spacial score (nSPS) is 13.3. The molecule has 1 unspecified atom stereocenters. The molecule has 1 aromatic rings. The SMILES string of the molecule is BC(F)c1cc(C)cc(C(C)C)c1. The van der Waals surface area contributed by atoms with Crippen molar-refractivity contribution in [3.63, 3.8) is 0 Å². The molecule has 0 saturated heterocycles. The molecule has 2 heteroatoms. The van der Waals surface area contributed by atoms with Gasteiger partial charge in [0.1, 0.15) is 0 Å². The summed E-state index contributed by atoms with van der Waals surface area (Å²) < 4.78 is 13.1. The highest BCUT2D eigenvalue weighted by molar-refractivity contribution is 6.11. The average Bonchev–Trinajstić information content (AvgIpc) is 2.03. The largest absolute Gasteiger partial charge is 0.253 e. The molecule has 13 heavy (non-hydrogen) atoms. The van der Waals surface area contributed by atoms with Crippen LogP contribution >= 0.6 is 0 Å². The van der Waals surface area contributed by atoms with Crippen molar-refractivity contribution in [3.05, 3.63) is 34.9 Å². The van der Waals surface area contributed by atoms with E-state index in [2.05, 4.69) is 19.9 Å². The van der Waals surface area contributed by atoms with Gasteiger partial charge in [0, 0.05) is 0 Å². The van der Waals surface area contributed by atoms with Gasteiger partial charge in [-0.05, 0) is 24.0 Å². The molecule has 1 aromatic carbocycles. The van der Waals surface area contributed by atoms with Crippen LogP contribution in [0.2, 0.25) is 0 Å². The van der Waals surface area contributed by atoms with Crippen LogP contribution in [0.4, 0.5) is 4.39 Å². The number of aryl methyl sites for hydroxylation is 1. The summed E-state index contributed by atoms with van der Waals surface area (Å²) in [6.45, 7) is 6.26. The van der Waals surface area contributed by atoms with Crippen molar-refractivity contribution >= 4 is 7.85 Å². The molecule has 0 aliphatic heterocycles. The van der Waals surface area contributed by atoms with Crippen LogP contribution < -0.4 is 0 Å². The Morgan fingerprint density at radius 1 is 1.15 bits per heavy atom. The average molecular weight is 178 g/mol. The molecule has 0 N–H and O–H groups in total. The molecule has 0 aliphatic carbocycles. The number of benzene rings is 1. The van der Waals surface area contributed by atoms with E-state index in [-0.39, 0.29) is 0 Å². The lowest BCUT2D eigenvalue weighted by molar-refractivity contribution is 0.459. The van der Waals surface area contributed by atoms with E-state index in [1.807, 2.05) is 19.1 Å². The number of hydrogen-bond acceptors (Lipinski definition) is 0. The van der Waals surface area contributed by atoms with Crippen LogP contribution in [-0.4, -0.2) is 7.85 Å². The predicted molar refractivity (Wildman–Crippen MR) is 57.7 cm³/mol. The van der Waals surface area contributed by atoms with Gasteiger partial charge in [0.2, 0.25) is 0 Å². The van der Waals surface area contributed by atoms with Gasteiger partial charge in [-0.15, -0.1) is 0 Å². The van der Waals surface area contributed by atoms with E-state index in [4.69, 9.17) is 0 Å². The minimum absolute atomic E-state index is 0.470. The lowest BCUT2D eigenvalue weighted by Crippen LogP contribution is -1.95. The van der Waals surface area contributed by atoms with Gasteiger partial charge in [0.25, 0.3) is 0 Å². The highest BCUT2D eigenvalue weighted by Gasteiger charge is 2.06. The summed E-state index contributed by atoms with van der Waals surface area (Å²) in [4.78, 5) is 0. The zero-order valence-corrected chi connectivity index (χ0v) is 8.76. The summed E-state index contributed by atoms with van der Waals surface area (Å²) in [5.41, 5.74) is 3.16. The quantitative estimate of drug-likeness (QED) is 0.610. The van der Waals surface area contributed by atoms with Crippen LogP contribution in [0.25, 0.3) is 0 Å². The molecule has 0 saturated carbocycles. The van der Waals surface area contributed by atoms with Crippen LogP contribution in [0.15, 0.2) is 18.2 Å². The highest BCUT2D eigenvalue weighted by atomic mass is 19.1. The first-order valence-corrected chi connectivity index (χ1v) is 4.76. The van der Waals surface area contributed by atoms with Gasteiger partial charge in [-0.25, -0.2) is 0 Å². The van der Waals surface area contributed by atoms with Crippen LogP contribution in [0.1, 0.15) is 42.5 Å². The minimum Gasteiger partial charge on any atom is -0.253 e. The number of alkyl halides is 1. The summed E-state index contributed by atoms with van der Waals surface area (Å²) in [6, 6.07) is 6.00. The van der Waals surface area contributed by atoms with Gasteiger partial charge < -0.3 is 0 Å². The molecule has 0 radical (unpaired) electrons. The second-order valence-corrected chi connectivity index (χ2v) is 3.95. The Labute approximate surface area is 80.6 Å². The van der Waals surface area contributed by atoms with E-state index in [0.29, 0.717) is 5.92 Å². The van der Waals surface area contributed by atoms with Crippen molar-refractivity contribution < 1.29 is 4.39 Å². The third-order valence-electron chi connectivity index (χ3n) is 2.25. The lowest BCUT2D eigenvalue weighted by atomic mass is 9.89. The number of rotatable bonds is 2. The van der Waals surface area contributed by atoms with Gasteiger partial charge in [0.05, 0.1) is 6.07 Å². The van der Waals surface area contributed by atoms with Gasteiger partial charge >= 0.3 is 0 Å². The molecule has 0 aromatic heterocycles. The Morgan fingerprint density at radius 3 is 2.15 bits per heavy atom. The van der Waals surface area contributed by atoms with Gasteiger partial charge in [-0.1, -0.05) is 37.6 Å². The van der Waals surface area contributed by atoms with Crippen LogP contribution in [0, 0.1) is 6.92 Å². The van der Waals surface area contributed by atoms with E-state index in [1.54, 1.807) is 7.85 Å². The molecule has 0 aliphatic rings. The summed E-state index contributed by atoms with van der Waals surface area (Å²) in [5, 5.41) is 0. The van der Waals surface area contributed by atoms with Crippen molar-refractivity contribution in [3.8, 4) is 0 Å². The molecule has 0 amide bonds.